The summed E-state index contributed by atoms with van der Waals surface area (Å²) < 4.78 is 24.5. The number of benzene rings is 3. The van der Waals surface area contributed by atoms with Gasteiger partial charge in [-0.3, -0.25) is 14.6 Å². The molecule has 1 heterocycles. The summed E-state index contributed by atoms with van der Waals surface area (Å²) >= 11 is 0. The molecule has 5 rings (SSSR count). The Morgan fingerprint density at radius 3 is 1.86 bits per heavy atom. The van der Waals surface area contributed by atoms with Gasteiger partial charge < -0.3 is 26.6 Å². The number of piperazine rings is 1. The first-order chi connectivity index (χ1) is 23.6. The fraction of sp³-hybridized carbons (Fsp3) is 0.421. The van der Waals surface area contributed by atoms with E-state index in [0.29, 0.717) is 24.3 Å². The summed E-state index contributed by atoms with van der Waals surface area (Å²) in [6.07, 6.45) is 7.78. The van der Waals surface area contributed by atoms with E-state index in [-0.39, 0.29) is 30.0 Å². The highest BCUT2D eigenvalue weighted by Gasteiger charge is 2.23. The van der Waals surface area contributed by atoms with Crippen molar-refractivity contribution in [3.63, 3.8) is 0 Å². The number of rotatable bonds is 8. The largest absolute Gasteiger partial charge is 0.403 e. The van der Waals surface area contributed by atoms with E-state index in [1.807, 2.05) is 40.0 Å². The Labute approximate surface area is 292 Å². The second-order valence-electron chi connectivity index (χ2n) is 11.4. The van der Waals surface area contributed by atoms with Crippen molar-refractivity contribution in [3.8, 4) is 0 Å². The van der Waals surface area contributed by atoms with E-state index in [4.69, 9.17) is 17.3 Å². The molecular formula is C38H57F2N7O2. The maximum Gasteiger partial charge on any atom is 0.251 e. The third-order valence-electron chi connectivity index (χ3n) is 7.42. The molecule has 0 radical (unpaired) electrons. The van der Waals surface area contributed by atoms with Crippen LogP contribution in [-0.4, -0.2) is 67.9 Å². The highest BCUT2D eigenvalue weighted by Crippen LogP contribution is 2.39. The first-order valence-electron chi connectivity index (χ1n) is 17.0. The monoisotopic (exact) mass is 681 g/mol. The molecule has 49 heavy (non-hydrogen) atoms. The predicted octanol–water partition coefficient (Wildman–Crippen LogP) is 5.91. The quantitative estimate of drug-likeness (QED) is 0.172. The van der Waals surface area contributed by atoms with Crippen LogP contribution in [0.2, 0.25) is 0 Å². The molecule has 11 heteroatoms. The standard InChI is InChI=1S/C16H24N6O2.C9H9F.C7H7F.C4H11N.C2H6/c1-20-8-10-21(11-9-20)15(23)12-19-16(24)13-2-4-14(5-3-13)22(18)7-6-17;10-9-5-3-8(4-6-9)7-1-2-7;1-6-2-4-7(8)5-3-6;1-2-3-4-5;1-2/h2-7H,8-12,17-18H2,1H3,(H,19,24);3-7H,1-2H2;2-5H,1H3;2-5H2,1H3;1-2H3/b7-6-;;;;. The first-order valence-corrected chi connectivity index (χ1v) is 17.0. The number of likely N-dealkylation sites (N-methyl/N-ethyl adjacent to an activating group) is 1. The predicted molar refractivity (Wildman–Crippen MR) is 198 cm³/mol. The second kappa shape index (κ2) is 24.8. The highest BCUT2D eigenvalue weighted by molar-refractivity contribution is 5.96. The topological polar surface area (TPSA) is 134 Å². The van der Waals surface area contributed by atoms with Gasteiger partial charge in [0.1, 0.15) is 11.6 Å². The molecule has 0 bridgehead atoms. The number of carbonyl (C=O) groups excluding carboxylic acids is 2. The van der Waals surface area contributed by atoms with Crippen LogP contribution >= 0.6 is 0 Å². The van der Waals surface area contributed by atoms with E-state index in [0.717, 1.165) is 31.1 Å². The fourth-order valence-corrected chi connectivity index (χ4v) is 4.28. The average Bonchev–Trinajstić information content (AvgIpc) is 3.97. The van der Waals surface area contributed by atoms with E-state index in [9.17, 15) is 18.4 Å². The van der Waals surface area contributed by atoms with Crippen LogP contribution in [0.25, 0.3) is 0 Å². The average molecular weight is 682 g/mol. The normalized spacial score (nSPS) is 13.6. The van der Waals surface area contributed by atoms with E-state index in [1.54, 1.807) is 41.3 Å². The van der Waals surface area contributed by atoms with E-state index in [1.165, 1.54) is 72.9 Å². The van der Waals surface area contributed by atoms with Crippen molar-refractivity contribution in [3.05, 3.63) is 114 Å². The lowest BCUT2D eigenvalue weighted by Crippen LogP contribution is -2.50. The Balaban J connectivity index is 0.000000389. The molecule has 0 atom stereocenters. The Bertz CT molecular complexity index is 1320. The lowest BCUT2D eigenvalue weighted by molar-refractivity contribution is -0.131. The molecule has 3 aromatic carbocycles. The summed E-state index contributed by atoms with van der Waals surface area (Å²) in [7, 11) is 2.03. The van der Waals surface area contributed by atoms with Crippen LogP contribution in [-0.2, 0) is 4.79 Å². The number of halogens is 2. The zero-order valence-electron chi connectivity index (χ0n) is 29.9. The molecule has 2 fully saturated rings. The van der Waals surface area contributed by atoms with Crippen LogP contribution in [0.4, 0.5) is 14.5 Å². The summed E-state index contributed by atoms with van der Waals surface area (Å²) in [5, 5.41) is 4.00. The molecule has 9 nitrogen and oxygen atoms in total. The zero-order valence-corrected chi connectivity index (χ0v) is 29.9. The molecule has 0 unspecified atom stereocenters. The summed E-state index contributed by atoms with van der Waals surface area (Å²) in [5.74, 6) is 5.82. The number of nitrogens with one attached hydrogen (secondary N) is 1. The van der Waals surface area contributed by atoms with Crippen LogP contribution in [0.5, 0.6) is 0 Å². The SMILES string of the molecule is CC.CCCCN.CN1CCN(C(=O)CNC(=O)c2ccc(N(N)/C=C\N)cc2)CC1.Cc1ccc(F)cc1.Fc1ccc(C2CC2)cc1. The van der Waals surface area contributed by atoms with Gasteiger partial charge in [-0.05, 0) is 99.8 Å². The number of amides is 2. The molecule has 0 aromatic heterocycles. The number of hydrogen-bond acceptors (Lipinski definition) is 7. The number of anilines is 1. The van der Waals surface area contributed by atoms with Crippen LogP contribution in [0.15, 0.2) is 85.2 Å². The van der Waals surface area contributed by atoms with Crippen LogP contribution in [0, 0.1) is 18.6 Å². The number of aryl methyl sites for hydroxylation is 1. The molecule has 0 spiro atoms. The minimum atomic E-state index is -0.290. The van der Waals surface area contributed by atoms with Gasteiger partial charge >= 0.3 is 0 Å². The molecule has 2 aliphatic rings. The molecule has 2 amide bonds. The summed E-state index contributed by atoms with van der Waals surface area (Å²) in [5.41, 5.74) is 14.0. The number of hydrogen-bond donors (Lipinski definition) is 4. The third kappa shape index (κ3) is 18.1. The van der Waals surface area contributed by atoms with E-state index < -0.39 is 0 Å². The maximum atomic E-state index is 12.4. The number of nitrogens with zero attached hydrogens (tertiary/aromatic N) is 3. The molecular weight excluding hydrogens is 624 g/mol. The van der Waals surface area contributed by atoms with Crippen molar-refractivity contribution in [2.24, 2.45) is 17.3 Å². The first kappa shape index (κ1) is 42.7. The van der Waals surface area contributed by atoms with Crippen LogP contribution in [0.1, 0.15) is 73.9 Å². The van der Waals surface area contributed by atoms with Gasteiger partial charge in [-0.15, -0.1) is 0 Å². The van der Waals surface area contributed by atoms with Crippen molar-refractivity contribution in [1.29, 1.82) is 0 Å². The van der Waals surface area contributed by atoms with Gasteiger partial charge in [0.25, 0.3) is 5.91 Å². The maximum absolute atomic E-state index is 12.4. The van der Waals surface area contributed by atoms with Crippen molar-refractivity contribution < 1.29 is 18.4 Å². The Morgan fingerprint density at radius 1 is 0.898 bits per heavy atom. The minimum Gasteiger partial charge on any atom is -0.403 e. The highest BCUT2D eigenvalue weighted by atomic mass is 19.1. The Kier molecular flexibility index (Phi) is 21.6. The van der Waals surface area contributed by atoms with Gasteiger partial charge in [-0.1, -0.05) is 57.0 Å². The molecule has 1 saturated heterocycles. The fourth-order valence-electron chi connectivity index (χ4n) is 4.28. The lowest BCUT2D eigenvalue weighted by Gasteiger charge is -2.32. The van der Waals surface area contributed by atoms with Gasteiger partial charge in [-0.25, -0.2) is 14.6 Å². The minimum absolute atomic E-state index is 0.00320. The van der Waals surface area contributed by atoms with Crippen molar-refractivity contribution >= 4 is 17.5 Å². The Hall–Kier alpha value is -4.32. The Morgan fingerprint density at radius 2 is 1.43 bits per heavy atom. The van der Waals surface area contributed by atoms with Gasteiger partial charge in [0.05, 0.1) is 12.2 Å². The lowest BCUT2D eigenvalue weighted by atomic mass is 10.1. The van der Waals surface area contributed by atoms with Crippen molar-refractivity contribution in [1.82, 2.24) is 15.1 Å². The molecule has 1 saturated carbocycles. The number of nitrogens with two attached hydrogens (primary N) is 3. The number of carbonyl (C=O) groups is 2. The summed E-state index contributed by atoms with van der Waals surface area (Å²) in [4.78, 5) is 28.2. The summed E-state index contributed by atoms with van der Waals surface area (Å²) in [6.45, 7) is 12.0. The molecule has 3 aromatic rings. The van der Waals surface area contributed by atoms with Gasteiger partial charge in [0.15, 0.2) is 0 Å². The summed E-state index contributed by atoms with van der Waals surface area (Å²) in [6, 6.07) is 19.9. The van der Waals surface area contributed by atoms with E-state index >= 15 is 0 Å². The molecule has 7 N–H and O–H groups in total. The molecule has 1 aliphatic heterocycles. The number of unbranched alkanes of at least 4 members (excludes halogenated alkanes) is 1. The second-order valence-corrected chi connectivity index (χ2v) is 11.4. The van der Waals surface area contributed by atoms with Gasteiger partial charge in [-0.2, -0.15) is 0 Å². The van der Waals surface area contributed by atoms with Crippen LogP contribution in [0.3, 0.4) is 0 Å². The zero-order chi connectivity index (χ0) is 36.6. The van der Waals surface area contributed by atoms with Gasteiger partial charge in [0, 0.05) is 44.1 Å². The molecule has 1 aliphatic carbocycles. The van der Waals surface area contributed by atoms with Crippen molar-refractivity contribution in [2.75, 3.05) is 51.3 Å². The number of hydrazine groups is 1. The smallest absolute Gasteiger partial charge is 0.251 e. The van der Waals surface area contributed by atoms with Crippen molar-refractivity contribution in [2.45, 2.75) is 59.3 Å². The third-order valence-corrected chi connectivity index (χ3v) is 7.42. The van der Waals surface area contributed by atoms with E-state index in [2.05, 4.69) is 17.1 Å². The van der Waals surface area contributed by atoms with Gasteiger partial charge in [0.2, 0.25) is 5.91 Å². The molecule has 270 valence electrons. The van der Waals surface area contributed by atoms with Crippen LogP contribution < -0.4 is 27.6 Å².